The molecule has 1 saturated heterocycles. The van der Waals surface area contributed by atoms with Gasteiger partial charge in [-0.05, 0) is 57.2 Å². The molecule has 10 nitrogen and oxygen atoms in total. The van der Waals surface area contributed by atoms with Gasteiger partial charge in [0.25, 0.3) is 5.91 Å². The van der Waals surface area contributed by atoms with Gasteiger partial charge in [-0.1, -0.05) is 31.1 Å². The Bertz CT molecular complexity index is 1660. The number of aromatic nitrogens is 4. The summed E-state index contributed by atoms with van der Waals surface area (Å²) in [6, 6.07) is 4.45. The van der Waals surface area contributed by atoms with E-state index in [9.17, 15) is 23.1 Å². The van der Waals surface area contributed by atoms with Gasteiger partial charge in [0.05, 0.1) is 58.2 Å². The molecule has 1 aromatic carbocycles. The van der Waals surface area contributed by atoms with Crippen LogP contribution in [0.15, 0.2) is 35.1 Å². The number of rotatable bonds is 11. The van der Waals surface area contributed by atoms with Gasteiger partial charge in [0.15, 0.2) is 0 Å². The number of nitrogens with one attached hydrogen (secondary N) is 2. The van der Waals surface area contributed by atoms with Crippen molar-refractivity contribution in [1.29, 1.82) is 0 Å². The molecule has 0 spiro atoms. The highest BCUT2D eigenvalue weighted by Gasteiger charge is 2.40. The van der Waals surface area contributed by atoms with Crippen LogP contribution in [-0.2, 0) is 19.5 Å². The third-order valence-corrected chi connectivity index (χ3v) is 9.60. The third-order valence-electron chi connectivity index (χ3n) is 8.32. The molecule has 5 rings (SSSR count). The predicted molar refractivity (Wildman–Crippen MR) is 167 cm³/mol. The number of piperidine rings is 1. The lowest BCUT2D eigenvalue weighted by Gasteiger charge is -2.45. The molecule has 4 atom stereocenters. The lowest BCUT2D eigenvalue weighted by molar-refractivity contribution is -0.126. The standard InChI is InChI=1S/C31H39F4N7O3S/c1-6-18-11-22(25(32)23(7-2)41(18)5)38-21-10-8-9-19-20(12-31(33,34)35)27(46-26(19)21)28-39-24(45-40-28)14-36-29(43)17-13-37-42(15-17)16-30(3,4)44/h8-10,13,15,18,22-23,25,38,44H,6-7,11-12,14,16H2,1-5H3,(H,36,43). The number of anilines is 1. The van der Waals surface area contributed by atoms with Crippen LogP contribution in [0.3, 0.4) is 0 Å². The topological polar surface area (TPSA) is 121 Å². The maximum Gasteiger partial charge on any atom is 0.393 e. The van der Waals surface area contributed by atoms with Crippen molar-refractivity contribution < 1.29 is 32.0 Å². The lowest BCUT2D eigenvalue weighted by atomic mass is 9.87. The van der Waals surface area contributed by atoms with Crippen molar-refractivity contribution in [2.75, 3.05) is 12.4 Å². The average molecular weight is 666 g/mol. The van der Waals surface area contributed by atoms with E-state index in [2.05, 4.69) is 37.7 Å². The molecule has 3 N–H and O–H groups in total. The number of alkyl halides is 4. The highest BCUT2D eigenvalue weighted by Crippen LogP contribution is 2.44. The number of carbonyl (C=O) groups is 1. The Morgan fingerprint density at radius 2 is 1.98 bits per heavy atom. The van der Waals surface area contributed by atoms with E-state index in [-0.39, 0.29) is 52.9 Å². The number of aliphatic hydroxyl groups is 1. The number of nitrogens with zero attached hydrogens (tertiary/aromatic N) is 5. The first-order valence-electron chi connectivity index (χ1n) is 15.3. The van der Waals surface area contributed by atoms with E-state index in [0.29, 0.717) is 28.6 Å². The first-order valence-corrected chi connectivity index (χ1v) is 16.1. The maximum atomic E-state index is 15.7. The SMILES string of the molecule is CCC1CC(Nc2cccc3c(CC(F)(F)F)c(-c4noc(CNC(=O)c5cnn(CC(C)(C)O)c5)n4)sc23)C(F)C(CC)N1C. The van der Waals surface area contributed by atoms with Crippen molar-refractivity contribution >= 4 is 33.0 Å². The van der Waals surface area contributed by atoms with E-state index in [1.807, 2.05) is 14.0 Å². The number of benzene rings is 1. The molecule has 1 amide bonds. The minimum Gasteiger partial charge on any atom is -0.389 e. The molecule has 1 aliphatic heterocycles. The summed E-state index contributed by atoms with van der Waals surface area (Å²) < 4.78 is 64.5. The minimum absolute atomic E-state index is 0.00353. The number of thiophene rings is 1. The van der Waals surface area contributed by atoms with Crippen LogP contribution in [0.2, 0.25) is 0 Å². The molecule has 3 aromatic heterocycles. The first kappa shape index (κ1) is 33.8. The Morgan fingerprint density at radius 1 is 1.22 bits per heavy atom. The fourth-order valence-corrected chi connectivity index (χ4v) is 7.36. The van der Waals surface area contributed by atoms with Crippen LogP contribution in [-0.4, -0.2) is 79.0 Å². The lowest BCUT2D eigenvalue weighted by Crippen LogP contribution is -2.57. The Morgan fingerprint density at radius 3 is 2.65 bits per heavy atom. The molecular weight excluding hydrogens is 626 g/mol. The second-order valence-electron chi connectivity index (χ2n) is 12.5. The second kappa shape index (κ2) is 13.3. The van der Waals surface area contributed by atoms with Crippen LogP contribution in [0.5, 0.6) is 0 Å². The molecule has 15 heteroatoms. The van der Waals surface area contributed by atoms with E-state index < -0.39 is 36.3 Å². The summed E-state index contributed by atoms with van der Waals surface area (Å²) in [5.74, 6) is -0.509. The number of carbonyl (C=O) groups excluding carboxylic acids is 1. The Balaban J connectivity index is 1.40. The summed E-state index contributed by atoms with van der Waals surface area (Å²) in [7, 11) is 1.94. The number of hydrogen-bond donors (Lipinski definition) is 3. The molecule has 4 aromatic rings. The second-order valence-corrected chi connectivity index (χ2v) is 13.5. The molecular formula is C31H39F4N7O3S. The smallest absolute Gasteiger partial charge is 0.389 e. The van der Waals surface area contributed by atoms with Crippen molar-refractivity contribution in [2.24, 2.45) is 0 Å². The summed E-state index contributed by atoms with van der Waals surface area (Å²) >= 11 is 1.09. The molecule has 0 radical (unpaired) electrons. The number of amides is 1. The van der Waals surface area contributed by atoms with Gasteiger partial charge in [0.1, 0.15) is 6.17 Å². The molecule has 1 fully saturated rings. The molecule has 4 unspecified atom stereocenters. The number of fused-ring (bicyclic) bond motifs is 1. The van der Waals surface area contributed by atoms with Crippen molar-refractivity contribution in [1.82, 2.24) is 30.1 Å². The van der Waals surface area contributed by atoms with Gasteiger partial charge >= 0.3 is 6.18 Å². The van der Waals surface area contributed by atoms with Crippen molar-refractivity contribution in [2.45, 2.75) is 103 Å². The van der Waals surface area contributed by atoms with E-state index >= 15 is 4.39 Å². The Hall–Kier alpha value is -3.56. The molecule has 1 aliphatic rings. The van der Waals surface area contributed by atoms with Crippen LogP contribution >= 0.6 is 11.3 Å². The van der Waals surface area contributed by atoms with E-state index in [0.717, 1.165) is 17.8 Å². The molecule has 0 saturated carbocycles. The Kier molecular flexibility index (Phi) is 9.76. The monoisotopic (exact) mass is 665 g/mol. The van der Waals surface area contributed by atoms with Gasteiger partial charge < -0.3 is 20.3 Å². The number of likely N-dealkylation sites (tertiary alicyclic amines) is 1. The van der Waals surface area contributed by atoms with Crippen LogP contribution in [0.25, 0.3) is 20.8 Å². The molecule has 250 valence electrons. The largest absolute Gasteiger partial charge is 0.393 e. The highest BCUT2D eigenvalue weighted by atomic mass is 32.1. The van der Waals surface area contributed by atoms with Crippen LogP contribution in [0, 0.1) is 0 Å². The van der Waals surface area contributed by atoms with Crippen LogP contribution in [0.4, 0.5) is 23.2 Å². The van der Waals surface area contributed by atoms with E-state index in [4.69, 9.17) is 4.52 Å². The van der Waals surface area contributed by atoms with Crippen molar-refractivity contribution in [3.8, 4) is 10.7 Å². The summed E-state index contributed by atoms with van der Waals surface area (Å²) in [6.45, 7) is 7.28. The Labute approximate surface area is 268 Å². The predicted octanol–water partition coefficient (Wildman–Crippen LogP) is 5.96. The molecule has 0 bridgehead atoms. The molecule has 46 heavy (non-hydrogen) atoms. The molecule has 0 aliphatic carbocycles. The first-order chi connectivity index (χ1) is 21.7. The highest BCUT2D eigenvalue weighted by molar-refractivity contribution is 7.23. The maximum absolute atomic E-state index is 15.7. The molecule has 4 heterocycles. The van der Waals surface area contributed by atoms with E-state index in [1.165, 1.54) is 17.1 Å². The van der Waals surface area contributed by atoms with Gasteiger partial charge in [-0.25, -0.2) is 4.39 Å². The van der Waals surface area contributed by atoms with Gasteiger partial charge in [0.2, 0.25) is 11.7 Å². The fourth-order valence-electron chi connectivity index (χ4n) is 6.14. The zero-order chi connectivity index (χ0) is 33.4. The summed E-state index contributed by atoms with van der Waals surface area (Å²) in [5, 5.41) is 24.4. The van der Waals surface area contributed by atoms with Crippen LogP contribution in [0.1, 0.15) is 68.8 Å². The fraction of sp³-hybridized carbons (Fsp3) is 0.548. The number of hydrogen-bond acceptors (Lipinski definition) is 9. The third kappa shape index (κ3) is 7.52. The van der Waals surface area contributed by atoms with E-state index in [1.54, 1.807) is 32.0 Å². The van der Waals surface area contributed by atoms with Gasteiger partial charge in [-0.15, -0.1) is 11.3 Å². The number of halogens is 4. The zero-order valence-electron chi connectivity index (χ0n) is 26.4. The van der Waals surface area contributed by atoms with Gasteiger partial charge in [-0.3, -0.25) is 14.4 Å². The van der Waals surface area contributed by atoms with Crippen molar-refractivity contribution in [3.63, 3.8) is 0 Å². The summed E-state index contributed by atoms with van der Waals surface area (Å²) in [5.41, 5.74) is -0.214. The summed E-state index contributed by atoms with van der Waals surface area (Å²) in [6.07, 6.45) is -1.98. The quantitative estimate of drug-likeness (QED) is 0.168. The normalized spacial score (nSPS) is 21.2. The van der Waals surface area contributed by atoms with Crippen molar-refractivity contribution in [3.05, 3.63) is 47.6 Å². The van der Waals surface area contributed by atoms with Gasteiger partial charge in [0, 0.05) is 18.3 Å². The van der Waals surface area contributed by atoms with Gasteiger partial charge in [-0.2, -0.15) is 23.3 Å². The average Bonchev–Trinajstić information content (AvgIpc) is 3.71. The summed E-state index contributed by atoms with van der Waals surface area (Å²) in [4.78, 5) is 19.2. The van der Waals surface area contributed by atoms with Crippen LogP contribution < -0.4 is 10.6 Å². The minimum atomic E-state index is -4.51. The zero-order valence-corrected chi connectivity index (χ0v) is 27.2.